The largest absolute Gasteiger partial charge is 0.478 e. The van der Waals surface area contributed by atoms with Gasteiger partial charge in [-0.3, -0.25) is 0 Å². The molecule has 0 fully saturated rings. The second-order valence-electron chi connectivity index (χ2n) is 3.38. The molecule has 0 bridgehead atoms. The number of halogens is 1. The van der Waals surface area contributed by atoms with E-state index in [1.165, 1.54) is 4.88 Å². The molecule has 0 aliphatic carbocycles. The average Bonchev–Trinajstić information content (AvgIpc) is 2.75. The highest BCUT2D eigenvalue weighted by atomic mass is 35.5. The van der Waals surface area contributed by atoms with E-state index in [2.05, 4.69) is 10.3 Å². The van der Waals surface area contributed by atoms with Crippen molar-refractivity contribution in [1.82, 2.24) is 4.98 Å². The zero-order valence-corrected chi connectivity index (χ0v) is 11.0. The molecule has 2 aromatic rings. The van der Waals surface area contributed by atoms with Crippen LogP contribution in [0.25, 0.3) is 0 Å². The van der Waals surface area contributed by atoms with Crippen LogP contribution < -0.4 is 10.1 Å². The van der Waals surface area contributed by atoms with E-state index in [1.807, 2.05) is 31.2 Å². The van der Waals surface area contributed by atoms with E-state index in [4.69, 9.17) is 16.3 Å². The van der Waals surface area contributed by atoms with Gasteiger partial charge in [-0.15, -0.1) is 11.3 Å². The predicted octanol–water partition coefficient (Wildman–Crippen LogP) is 3.81. The Morgan fingerprint density at radius 2 is 2.24 bits per heavy atom. The molecule has 17 heavy (non-hydrogen) atoms. The SMILES string of the molecule is CCOc1ccc(NCc2ccc(Cl)s2)cn1. The standard InChI is InChI=1S/C12H13ClN2OS/c1-2-16-12-6-3-9(7-15-12)14-8-10-4-5-11(13)17-10/h3-7,14H,2,8H2,1H3. The van der Waals surface area contributed by atoms with Crippen LogP contribution in [0, 0.1) is 0 Å². The first-order valence-electron chi connectivity index (χ1n) is 5.35. The van der Waals surface area contributed by atoms with E-state index in [0.29, 0.717) is 12.5 Å². The minimum Gasteiger partial charge on any atom is -0.478 e. The highest BCUT2D eigenvalue weighted by Crippen LogP contribution is 2.22. The van der Waals surface area contributed by atoms with E-state index in [-0.39, 0.29) is 0 Å². The van der Waals surface area contributed by atoms with Gasteiger partial charge in [-0.1, -0.05) is 11.6 Å². The van der Waals surface area contributed by atoms with Crippen molar-refractivity contribution < 1.29 is 4.74 Å². The molecule has 0 spiro atoms. The topological polar surface area (TPSA) is 34.1 Å². The van der Waals surface area contributed by atoms with E-state index >= 15 is 0 Å². The second-order valence-corrected chi connectivity index (χ2v) is 5.18. The van der Waals surface area contributed by atoms with Crippen LogP contribution in [0.15, 0.2) is 30.5 Å². The van der Waals surface area contributed by atoms with Crippen LogP contribution >= 0.6 is 22.9 Å². The molecular weight excluding hydrogens is 256 g/mol. The third kappa shape index (κ3) is 3.61. The fraction of sp³-hybridized carbons (Fsp3) is 0.250. The number of thiophene rings is 1. The molecule has 90 valence electrons. The number of nitrogens with zero attached hydrogens (tertiary/aromatic N) is 1. The minimum atomic E-state index is 0.632. The summed E-state index contributed by atoms with van der Waals surface area (Å²) in [5.74, 6) is 0.650. The van der Waals surface area contributed by atoms with Gasteiger partial charge in [-0.25, -0.2) is 4.98 Å². The summed E-state index contributed by atoms with van der Waals surface area (Å²) in [6, 6.07) is 7.72. The maximum atomic E-state index is 5.86. The van der Waals surface area contributed by atoms with Crippen molar-refractivity contribution >= 4 is 28.6 Å². The Morgan fingerprint density at radius 3 is 2.82 bits per heavy atom. The molecule has 1 N–H and O–H groups in total. The Balaban J connectivity index is 1.90. The number of nitrogens with one attached hydrogen (secondary N) is 1. The third-order valence-electron chi connectivity index (χ3n) is 2.12. The van der Waals surface area contributed by atoms with Crippen LogP contribution in [0.5, 0.6) is 5.88 Å². The first-order valence-corrected chi connectivity index (χ1v) is 6.54. The van der Waals surface area contributed by atoms with Crippen molar-refractivity contribution in [2.45, 2.75) is 13.5 Å². The molecule has 3 nitrogen and oxygen atoms in total. The molecule has 0 aliphatic heterocycles. The van der Waals surface area contributed by atoms with Gasteiger partial charge in [0.1, 0.15) is 0 Å². The Morgan fingerprint density at radius 1 is 1.35 bits per heavy atom. The molecular formula is C12H13ClN2OS. The number of rotatable bonds is 5. The predicted molar refractivity (Wildman–Crippen MR) is 72.1 cm³/mol. The number of pyridine rings is 1. The first kappa shape index (κ1) is 12.2. The van der Waals surface area contributed by atoms with E-state index in [9.17, 15) is 0 Å². The lowest BCUT2D eigenvalue weighted by atomic mass is 10.4. The van der Waals surface area contributed by atoms with Crippen molar-refractivity contribution in [3.8, 4) is 5.88 Å². The molecule has 2 rings (SSSR count). The van der Waals surface area contributed by atoms with Gasteiger partial charge in [0.15, 0.2) is 0 Å². The quantitative estimate of drug-likeness (QED) is 0.895. The zero-order chi connectivity index (χ0) is 12.1. The average molecular weight is 269 g/mol. The molecule has 0 saturated heterocycles. The van der Waals surface area contributed by atoms with E-state index in [1.54, 1.807) is 17.5 Å². The summed E-state index contributed by atoms with van der Waals surface area (Å²) in [7, 11) is 0. The summed E-state index contributed by atoms with van der Waals surface area (Å²) < 4.78 is 6.08. The fourth-order valence-electron chi connectivity index (χ4n) is 1.35. The maximum Gasteiger partial charge on any atom is 0.213 e. The van der Waals surface area contributed by atoms with Crippen molar-refractivity contribution in [3.05, 3.63) is 39.7 Å². The Bertz CT molecular complexity index is 470. The van der Waals surface area contributed by atoms with Crippen molar-refractivity contribution in [2.24, 2.45) is 0 Å². The molecule has 2 heterocycles. The highest BCUT2D eigenvalue weighted by Gasteiger charge is 1.99. The van der Waals surface area contributed by atoms with Crippen LogP contribution in [-0.4, -0.2) is 11.6 Å². The van der Waals surface area contributed by atoms with Crippen molar-refractivity contribution in [1.29, 1.82) is 0 Å². The fourth-order valence-corrected chi connectivity index (χ4v) is 2.38. The summed E-state index contributed by atoms with van der Waals surface area (Å²) in [5.41, 5.74) is 0.970. The van der Waals surface area contributed by atoms with Crippen LogP contribution in [-0.2, 0) is 6.54 Å². The summed E-state index contributed by atoms with van der Waals surface area (Å²) in [4.78, 5) is 5.38. The maximum absolute atomic E-state index is 5.86. The third-order valence-corrected chi connectivity index (χ3v) is 3.36. The molecule has 0 aliphatic rings. The zero-order valence-electron chi connectivity index (χ0n) is 9.44. The molecule has 0 saturated carbocycles. The van der Waals surface area contributed by atoms with E-state index < -0.39 is 0 Å². The molecule has 0 aromatic carbocycles. The van der Waals surface area contributed by atoms with Gasteiger partial charge in [0.05, 0.1) is 22.8 Å². The monoisotopic (exact) mass is 268 g/mol. The number of aromatic nitrogens is 1. The lowest BCUT2D eigenvalue weighted by Crippen LogP contribution is -1.99. The molecule has 2 aromatic heterocycles. The van der Waals surface area contributed by atoms with Gasteiger partial charge in [0.2, 0.25) is 5.88 Å². The molecule has 0 atom stereocenters. The Labute approximate surface area is 109 Å². The Hall–Kier alpha value is -1.26. The van der Waals surface area contributed by atoms with Gasteiger partial charge in [-0.05, 0) is 25.1 Å². The Kier molecular flexibility index (Phi) is 4.23. The highest BCUT2D eigenvalue weighted by molar-refractivity contribution is 7.16. The molecule has 0 unspecified atom stereocenters. The van der Waals surface area contributed by atoms with Crippen LogP contribution in [0.1, 0.15) is 11.8 Å². The number of ether oxygens (including phenoxy) is 1. The van der Waals surface area contributed by atoms with Crippen LogP contribution in [0.4, 0.5) is 5.69 Å². The van der Waals surface area contributed by atoms with Crippen molar-refractivity contribution in [2.75, 3.05) is 11.9 Å². The van der Waals surface area contributed by atoms with Crippen molar-refractivity contribution in [3.63, 3.8) is 0 Å². The summed E-state index contributed by atoms with van der Waals surface area (Å²) >= 11 is 7.44. The number of hydrogen-bond acceptors (Lipinski definition) is 4. The van der Waals surface area contributed by atoms with Gasteiger partial charge in [-0.2, -0.15) is 0 Å². The van der Waals surface area contributed by atoms with Gasteiger partial charge in [0.25, 0.3) is 0 Å². The van der Waals surface area contributed by atoms with E-state index in [0.717, 1.165) is 16.6 Å². The summed E-state index contributed by atoms with van der Waals surface area (Å²) in [6.07, 6.45) is 1.76. The molecule has 0 radical (unpaired) electrons. The lowest BCUT2D eigenvalue weighted by molar-refractivity contribution is 0.327. The molecule has 5 heteroatoms. The lowest BCUT2D eigenvalue weighted by Gasteiger charge is -2.05. The van der Waals surface area contributed by atoms with Crippen LogP contribution in [0.3, 0.4) is 0 Å². The second kappa shape index (κ2) is 5.89. The molecule has 0 amide bonds. The normalized spacial score (nSPS) is 10.2. The summed E-state index contributed by atoms with van der Waals surface area (Å²) in [5, 5.41) is 3.28. The van der Waals surface area contributed by atoms with Gasteiger partial charge < -0.3 is 10.1 Å². The minimum absolute atomic E-state index is 0.632. The number of anilines is 1. The summed E-state index contributed by atoms with van der Waals surface area (Å²) in [6.45, 7) is 3.33. The van der Waals surface area contributed by atoms with Gasteiger partial charge in [0, 0.05) is 17.5 Å². The number of hydrogen-bond donors (Lipinski definition) is 1. The smallest absolute Gasteiger partial charge is 0.213 e. The van der Waals surface area contributed by atoms with Crippen LogP contribution in [0.2, 0.25) is 4.34 Å². The van der Waals surface area contributed by atoms with Gasteiger partial charge >= 0.3 is 0 Å². The first-order chi connectivity index (χ1) is 8.28.